The highest BCUT2D eigenvalue weighted by atomic mass is 16.5. The first-order valence-electron chi connectivity index (χ1n) is 4.06. The van der Waals surface area contributed by atoms with Gasteiger partial charge < -0.3 is 4.74 Å². The van der Waals surface area contributed by atoms with Gasteiger partial charge in [-0.05, 0) is 19.9 Å². The van der Waals surface area contributed by atoms with Crippen molar-refractivity contribution in [1.82, 2.24) is 10.3 Å². The van der Waals surface area contributed by atoms with E-state index in [1.54, 1.807) is 6.20 Å². The molecule has 0 fully saturated rings. The van der Waals surface area contributed by atoms with E-state index in [0.29, 0.717) is 18.7 Å². The molecule has 0 saturated carbocycles. The van der Waals surface area contributed by atoms with E-state index < -0.39 is 0 Å². The number of hydrogen-bond acceptors (Lipinski definition) is 3. The quantitative estimate of drug-likeness (QED) is 0.687. The predicted octanol–water partition coefficient (Wildman–Crippen LogP) is 1.42. The molecule has 0 bridgehead atoms. The monoisotopic (exact) mass is 166 g/mol. The highest BCUT2D eigenvalue weighted by molar-refractivity contribution is 5.08. The Labute approximate surface area is 72.8 Å². The van der Waals surface area contributed by atoms with Crippen molar-refractivity contribution in [3.8, 4) is 5.88 Å². The van der Waals surface area contributed by atoms with Crippen LogP contribution < -0.4 is 10.1 Å². The van der Waals surface area contributed by atoms with Gasteiger partial charge in [-0.15, -0.1) is 0 Å². The van der Waals surface area contributed by atoms with E-state index in [-0.39, 0.29) is 0 Å². The molecule has 0 aromatic carbocycles. The minimum atomic E-state index is 0.439. The zero-order chi connectivity index (χ0) is 8.81. The van der Waals surface area contributed by atoms with E-state index in [1.165, 1.54) is 0 Å². The van der Waals surface area contributed by atoms with Crippen molar-refractivity contribution >= 4 is 0 Å². The van der Waals surface area contributed by atoms with E-state index in [1.807, 2.05) is 18.2 Å². The van der Waals surface area contributed by atoms with E-state index in [0.717, 1.165) is 0 Å². The maximum atomic E-state index is 5.29. The van der Waals surface area contributed by atoms with Crippen LogP contribution in [0.1, 0.15) is 13.8 Å². The van der Waals surface area contributed by atoms with Crippen LogP contribution in [0.25, 0.3) is 0 Å². The summed E-state index contributed by atoms with van der Waals surface area (Å²) in [6, 6.07) is 6.04. The summed E-state index contributed by atoms with van der Waals surface area (Å²) in [6.45, 7) is 4.65. The summed E-state index contributed by atoms with van der Waals surface area (Å²) in [4.78, 5) is 4.01. The van der Waals surface area contributed by atoms with Crippen molar-refractivity contribution in [3.05, 3.63) is 24.4 Å². The van der Waals surface area contributed by atoms with Crippen LogP contribution in [0.2, 0.25) is 0 Å². The molecule has 1 N–H and O–H groups in total. The predicted molar refractivity (Wildman–Crippen MR) is 48.0 cm³/mol. The standard InChI is InChI=1S/C9H14N2O/c1-8(2)11-7-12-9-5-3-4-6-10-9/h3-6,8,11H,7H2,1-2H3. The van der Waals surface area contributed by atoms with E-state index in [9.17, 15) is 0 Å². The average Bonchev–Trinajstić information content (AvgIpc) is 2.05. The number of rotatable bonds is 4. The van der Waals surface area contributed by atoms with E-state index >= 15 is 0 Å². The first kappa shape index (κ1) is 9.00. The Morgan fingerprint density at radius 3 is 2.92 bits per heavy atom. The van der Waals surface area contributed by atoms with Crippen molar-refractivity contribution in [2.75, 3.05) is 6.73 Å². The van der Waals surface area contributed by atoms with Gasteiger partial charge in [-0.25, -0.2) is 4.98 Å². The number of nitrogens with zero attached hydrogens (tertiary/aromatic N) is 1. The summed E-state index contributed by atoms with van der Waals surface area (Å²) in [5.74, 6) is 0.658. The largest absolute Gasteiger partial charge is 0.462 e. The van der Waals surface area contributed by atoms with Crippen molar-refractivity contribution < 1.29 is 4.74 Å². The van der Waals surface area contributed by atoms with E-state index in [2.05, 4.69) is 24.1 Å². The SMILES string of the molecule is CC(C)NCOc1ccccn1. The summed E-state index contributed by atoms with van der Waals surface area (Å²) in [5, 5.41) is 3.13. The van der Waals surface area contributed by atoms with Crippen molar-refractivity contribution in [2.45, 2.75) is 19.9 Å². The van der Waals surface area contributed by atoms with Crippen molar-refractivity contribution in [3.63, 3.8) is 0 Å². The van der Waals surface area contributed by atoms with Crippen LogP contribution in [0, 0.1) is 0 Å². The summed E-state index contributed by atoms with van der Waals surface area (Å²) in [7, 11) is 0. The summed E-state index contributed by atoms with van der Waals surface area (Å²) < 4.78 is 5.29. The number of hydrogen-bond donors (Lipinski definition) is 1. The van der Waals surface area contributed by atoms with Gasteiger partial charge >= 0.3 is 0 Å². The molecule has 0 atom stereocenters. The minimum Gasteiger partial charge on any atom is -0.462 e. The highest BCUT2D eigenvalue weighted by Gasteiger charge is 1.93. The van der Waals surface area contributed by atoms with Gasteiger partial charge in [0.25, 0.3) is 0 Å². The van der Waals surface area contributed by atoms with Gasteiger partial charge in [0, 0.05) is 18.3 Å². The average molecular weight is 166 g/mol. The molecule has 0 amide bonds. The van der Waals surface area contributed by atoms with Crippen molar-refractivity contribution in [2.24, 2.45) is 0 Å². The molecule has 0 aliphatic carbocycles. The van der Waals surface area contributed by atoms with E-state index in [4.69, 9.17) is 4.74 Å². The lowest BCUT2D eigenvalue weighted by Gasteiger charge is -2.08. The molecule has 66 valence electrons. The second-order valence-corrected chi connectivity index (χ2v) is 2.82. The van der Waals surface area contributed by atoms with Crippen LogP contribution in [0.4, 0.5) is 0 Å². The van der Waals surface area contributed by atoms with Crippen molar-refractivity contribution in [1.29, 1.82) is 0 Å². The molecule has 12 heavy (non-hydrogen) atoms. The summed E-state index contributed by atoms with van der Waals surface area (Å²) >= 11 is 0. The molecule has 0 saturated heterocycles. The first-order chi connectivity index (χ1) is 5.79. The second kappa shape index (κ2) is 4.72. The number of ether oxygens (including phenoxy) is 1. The molecule has 0 spiro atoms. The molecule has 0 aliphatic heterocycles. The van der Waals surface area contributed by atoms with Gasteiger partial charge in [0.15, 0.2) is 0 Å². The van der Waals surface area contributed by atoms with Gasteiger partial charge in [-0.3, -0.25) is 5.32 Å². The Morgan fingerprint density at radius 2 is 2.33 bits per heavy atom. The molecule has 1 heterocycles. The summed E-state index contributed by atoms with van der Waals surface area (Å²) in [5.41, 5.74) is 0. The van der Waals surface area contributed by atoms with Gasteiger partial charge in [0.2, 0.25) is 5.88 Å². The zero-order valence-corrected chi connectivity index (χ0v) is 7.45. The third kappa shape index (κ3) is 3.34. The lowest BCUT2D eigenvalue weighted by molar-refractivity contribution is 0.261. The Morgan fingerprint density at radius 1 is 1.50 bits per heavy atom. The van der Waals surface area contributed by atoms with Crippen LogP contribution >= 0.6 is 0 Å². The Balaban J connectivity index is 2.25. The second-order valence-electron chi connectivity index (χ2n) is 2.82. The number of aromatic nitrogens is 1. The maximum Gasteiger partial charge on any atom is 0.214 e. The lowest BCUT2D eigenvalue weighted by atomic mass is 10.4. The molecule has 0 unspecified atom stereocenters. The topological polar surface area (TPSA) is 34.1 Å². The van der Waals surface area contributed by atoms with Crippen LogP contribution in [0.15, 0.2) is 24.4 Å². The third-order valence-corrected chi connectivity index (χ3v) is 1.35. The maximum absolute atomic E-state index is 5.29. The zero-order valence-electron chi connectivity index (χ0n) is 7.45. The Kier molecular flexibility index (Phi) is 3.54. The fourth-order valence-electron chi connectivity index (χ4n) is 0.715. The number of pyridine rings is 1. The molecular formula is C9H14N2O. The van der Waals surface area contributed by atoms with Crippen LogP contribution in [0.3, 0.4) is 0 Å². The van der Waals surface area contributed by atoms with Gasteiger partial charge in [0.05, 0.1) is 0 Å². The van der Waals surface area contributed by atoms with Crippen LogP contribution in [0.5, 0.6) is 5.88 Å². The van der Waals surface area contributed by atoms with Gasteiger partial charge in [-0.2, -0.15) is 0 Å². The molecule has 3 nitrogen and oxygen atoms in total. The summed E-state index contributed by atoms with van der Waals surface area (Å²) in [6.07, 6.45) is 1.71. The number of nitrogens with one attached hydrogen (secondary N) is 1. The molecule has 0 aliphatic rings. The molecule has 3 heteroatoms. The molecule has 1 aromatic rings. The van der Waals surface area contributed by atoms with Gasteiger partial charge in [0.1, 0.15) is 6.73 Å². The fourth-order valence-corrected chi connectivity index (χ4v) is 0.715. The first-order valence-corrected chi connectivity index (χ1v) is 4.06. The minimum absolute atomic E-state index is 0.439. The normalized spacial score (nSPS) is 10.2. The highest BCUT2D eigenvalue weighted by Crippen LogP contribution is 2.01. The molecule has 0 radical (unpaired) electrons. The Hall–Kier alpha value is -1.09. The van der Waals surface area contributed by atoms with Gasteiger partial charge in [-0.1, -0.05) is 6.07 Å². The molecule has 1 aromatic heterocycles. The molecular weight excluding hydrogens is 152 g/mol. The smallest absolute Gasteiger partial charge is 0.214 e. The Bertz CT molecular complexity index is 211. The van der Waals surface area contributed by atoms with Crippen LogP contribution in [-0.2, 0) is 0 Å². The molecule has 1 rings (SSSR count). The fraction of sp³-hybridized carbons (Fsp3) is 0.444. The van der Waals surface area contributed by atoms with Crippen LogP contribution in [-0.4, -0.2) is 17.8 Å². The lowest BCUT2D eigenvalue weighted by Crippen LogP contribution is -2.27. The third-order valence-electron chi connectivity index (χ3n) is 1.35.